The number of hydrogen-bond donors (Lipinski definition) is 2. The van der Waals surface area contributed by atoms with Gasteiger partial charge in [-0.05, 0) is 24.3 Å². The summed E-state index contributed by atoms with van der Waals surface area (Å²) < 4.78 is 0. The first-order valence-electron chi connectivity index (χ1n) is 6.81. The molecule has 0 aromatic heterocycles. The van der Waals surface area contributed by atoms with Gasteiger partial charge in [-0.1, -0.05) is 36.4 Å². The summed E-state index contributed by atoms with van der Waals surface area (Å²) in [6.07, 6.45) is 0. The van der Waals surface area contributed by atoms with Crippen molar-refractivity contribution in [2.24, 2.45) is 0 Å². The van der Waals surface area contributed by atoms with E-state index >= 15 is 0 Å². The lowest BCUT2D eigenvalue weighted by Crippen LogP contribution is -2.17. The maximum absolute atomic E-state index is 12.4. The second kappa shape index (κ2) is 6.50. The maximum atomic E-state index is 12.4. The molecule has 1 amide bonds. The highest BCUT2D eigenvalue weighted by molar-refractivity contribution is 8.00. The van der Waals surface area contributed by atoms with Gasteiger partial charge in [-0.15, -0.1) is 0 Å². The molecule has 3 rings (SSSR count). The average Bonchev–Trinajstić information content (AvgIpc) is 2.97. The van der Waals surface area contributed by atoms with Crippen molar-refractivity contribution in [3.8, 4) is 0 Å². The SMILES string of the molecule is O=C(Nc1ccccc1)C1=C(Nc2ccccc2)CSC1. The van der Waals surface area contributed by atoms with Gasteiger partial charge in [0.05, 0.1) is 0 Å². The summed E-state index contributed by atoms with van der Waals surface area (Å²) in [5, 5.41) is 6.31. The lowest BCUT2D eigenvalue weighted by Gasteiger charge is -2.10. The molecular weight excluding hydrogens is 280 g/mol. The van der Waals surface area contributed by atoms with E-state index in [1.54, 1.807) is 11.8 Å². The molecule has 21 heavy (non-hydrogen) atoms. The van der Waals surface area contributed by atoms with E-state index < -0.39 is 0 Å². The Morgan fingerprint density at radius 3 is 2.14 bits per heavy atom. The van der Waals surface area contributed by atoms with E-state index in [2.05, 4.69) is 10.6 Å². The molecule has 3 nitrogen and oxygen atoms in total. The van der Waals surface area contributed by atoms with E-state index in [0.717, 1.165) is 34.2 Å². The van der Waals surface area contributed by atoms with Gasteiger partial charge in [0.15, 0.2) is 0 Å². The molecule has 0 bridgehead atoms. The number of nitrogens with one attached hydrogen (secondary N) is 2. The number of anilines is 2. The van der Waals surface area contributed by atoms with E-state index in [0.29, 0.717) is 0 Å². The van der Waals surface area contributed by atoms with Crippen molar-refractivity contribution in [2.45, 2.75) is 0 Å². The minimum absolute atomic E-state index is 0.0235. The molecular formula is C17H16N2OS. The number of benzene rings is 2. The number of para-hydroxylation sites is 2. The van der Waals surface area contributed by atoms with Gasteiger partial charge in [-0.3, -0.25) is 4.79 Å². The van der Waals surface area contributed by atoms with Crippen molar-refractivity contribution in [3.05, 3.63) is 71.9 Å². The third-order valence-corrected chi connectivity index (χ3v) is 4.22. The number of carbonyl (C=O) groups excluding carboxylic acids is 1. The predicted octanol–water partition coefficient (Wildman–Crippen LogP) is 3.74. The average molecular weight is 296 g/mol. The Hall–Kier alpha value is -2.20. The Balaban J connectivity index is 1.75. The molecule has 0 aliphatic carbocycles. The summed E-state index contributed by atoms with van der Waals surface area (Å²) in [7, 11) is 0. The Labute approximate surface area is 128 Å². The van der Waals surface area contributed by atoms with Crippen molar-refractivity contribution < 1.29 is 4.79 Å². The summed E-state index contributed by atoms with van der Waals surface area (Å²) in [5.74, 6) is 1.56. The molecule has 0 radical (unpaired) electrons. The molecule has 2 N–H and O–H groups in total. The number of amides is 1. The summed E-state index contributed by atoms with van der Waals surface area (Å²) in [5.41, 5.74) is 3.67. The highest BCUT2D eigenvalue weighted by Crippen LogP contribution is 2.27. The Kier molecular flexibility index (Phi) is 4.26. The van der Waals surface area contributed by atoms with Crippen LogP contribution in [0.2, 0.25) is 0 Å². The third kappa shape index (κ3) is 3.47. The van der Waals surface area contributed by atoms with Gasteiger partial charge in [0, 0.05) is 34.2 Å². The standard InChI is InChI=1S/C17H16N2OS/c20-17(19-14-9-5-2-6-10-14)15-11-21-12-16(15)18-13-7-3-1-4-8-13/h1-10,18H,11-12H2,(H,19,20). The van der Waals surface area contributed by atoms with Crippen LogP contribution in [-0.2, 0) is 4.79 Å². The molecule has 0 saturated heterocycles. The zero-order valence-electron chi connectivity index (χ0n) is 11.5. The van der Waals surface area contributed by atoms with Gasteiger partial charge < -0.3 is 10.6 Å². The number of rotatable bonds is 4. The first kappa shape index (κ1) is 13.8. The monoisotopic (exact) mass is 296 g/mol. The van der Waals surface area contributed by atoms with Crippen molar-refractivity contribution in [1.29, 1.82) is 0 Å². The van der Waals surface area contributed by atoms with Gasteiger partial charge in [-0.2, -0.15) is 11.8 Å². The van der Waals surface area contributed by atoms with Gasteiger partial charge in [0.2, 0.25) is 0 Å². The molecule has 2 aromatic rings. The molecule has 0 saturated carbocycles. The lowest BCUT2D eigenvalue weighted by atomic mass is 10.2. The molecule has 0 unspecified atom stereocenters. The van der Waals surface area contributed by atoms with Crippen LogP contribution in [0.1, 0.15) is 0 Å². The van der Waals surface area contributed by atoms with E-state index in [9.17, 15) is 4.79 Å². The topological polar surface area (TPSA) is 41.1 Å². The van der Waals surface area contributed by atoms with Crippen LogP contribution in [0.3, 0.4) is 0 Å². The molecule has 0 spiro atoms. The summed E-state index contributed by atoms with van der Waals surface area (Å²) >= 11 is 1.75. The quantitative estimate of drug-likeness (QED) is 0.903. The van der Waals surface area contributed by atoms with Crippen LogP contribution in [-0.4, -0.2) is 17.4 Å². The van der Waals surface area contributed by atoms with Crippen molar-refractivity contribution >= 4 is 29.0 Å². The number of hydrogen-bond acceptors (Lipinski definition) is 3. The zero-order chi connectivity index (χ0) is 14.5. The molecule has 1 heterocycles. The lowest BCUT2D eigenvalue weighted by molar-refractivity contribution is -0.112. The molecule has 1 aliphatic rings. The minimum atomic E-state index is -0.0235. The van der Waals surface area contributed by atoms with Crippen LogP contribution < -0.4 is 10.6 Å². The Morgan fingerprint density at radius 1 is 0.857 bits per heavy atom. The highest BCUT2D eigenvalue weighted by Gasteiger charge is 2.21. The second-order valence-corrected chi connectivity index (χ2v) is 5.75. The van der Waals surface area contributed by atoms with Crippen molar-refractivity contribution in [2.75, 3.05) is 22.1 Å². The zero-order valence-corrected chi connectivity index (χ0v) is 12.3. The Morgan fingerprint density at radius 2 is 1.48 bits per heavy atom. The first-order chi connectivity index (χ1) is 10.3. The molecule has 0 fully saturated rings. The van der Waals surface area contributed by atoms with Gasteiger partial charge in [-0.25, -0.2) is 0 Å². The normalized spacial score (nSPS) is 14.1. The fourth-order valence-corrected chi connectivity index (χ4v) is 3.23. The van der Waals surface area contributed by atoms with Crippen LogP contribution in [0.4, 0.5) is 11.4 Å². The van der Waals surface area contributed by atoms with Gasteiger partial charge in [0.25, 0.3) is 5.91 Å². The highest BCUT2D eigenvalue weighted by atomic mass is 32.2. The second-order valence-electron chi connectivity index (χ2n) is 4.76. The Bertz CT molecular complexity index is 653. The fraction of sp³-hybridized carbons (Fsp3) is 0.118. The van der Waals surface area contributed by atoms with Crippen LogP contribution in [0.15, 0.2) is 71.9 Å². The molecule has 0 atom stereocenters. The van der Waals surface area contributed by atoms with Gasteiger partial charge in [0.1, 0.15) is 0 Å². The van der Waals surface area contributed by atoms with Crippen LogP contribution in [0, 0.1) is 0 Å². The summed E-state index contributed by atoms with van der Waals surface area (Å²) in [4.78, 5) is 12.4. The maximum Gasteiger partial charge on any atom is 0.254 e. The minimum Gasteiger partial charge on any atom is -0.358 e. The number of carbonyl (C=O) groups is 1. The first-order valence-corrected chi connectivity index (χ1v) is 7.96. The molecule has 2 aromatic carbocycles. The predicted molar refractivity (Wildman–Crippen MR) is 89.5 cm³/mol. The van der Waals surface area contributed by atoms with E-state index in [1.165, 1.54) is 0 Å². The van der Waals surface area contributed by atoms with Crippen LogP contribution in [0.25, 0.3) is 0 Å². The number of thioether (sulfide) groups is 1. The van der Waals surface area contributed by atoms with Crippen LogP contribution >= 0.6 is 11.8 Å². The molecule has 4 heteroatoms. The largest absolute Gasteiger partial charge is 0.358 e. The fourth-order valence-electron chi connectivity index (χ4n) is 2.17. The van der Waals surface area contributed by atoms with Crippen molar-refractivity contribution in [3.63, 3.8) is 0 Å². The smallest absolute Gasteiger partial charge is 0.254 e. The van der Waals surface area contributed by atoms with E-state index in [1.807, 2.05) is 60.7 Å². The summed E-state index contributed by atoms with van der Waals surface area (Å²) in [6, 6.07) is 19.5. The van der Waals surface area contributed by atoms with E-state index in [4.69, 9.17) is 0 Å². The van der Waals surface area contributed by atoms with Gasteiger partial charge >= 0.3 is 0 Å². The molecule has 106 valence electrons. The third-order valence-electron chi connectivity index (χ3n) is 3.23. The summed E-state index contributed by atoms with van der Waals surface area (Å²) in [6.45, 7) is 0. The van der Waals surface area contributed by atoms with Crippen LogP contribution in [0.5, 0.6) is 0 Å². The molecule has 1 aliphatic heterocycles. The van der Waals surface area contributed by atoms with Crippen molar-refractivity contribution in [1.82, 2.24) is 0 Å². The van der Waals surface area contributed by atoms with E-state index in [-0.39, 0.29) is 5.91 Å².